The van der Waals surface area contributed by atoms with E-state index in [4.69, 9.17) is 9.97 Å². The summed E-state index contributed by atoms with van der Waals surface area (Å²) in [5, 5.41) is 6.96. The maximum atomic E-state index is 4.76. The molecular formula is C22H25N5. The van der Waals surface area contributed by atoms with Gasteiger partial charge < -0.3 is 10.6 Å². The predicted molar refractivity (Wildman–Crippen MR) is 110 cm³/mol. The zero-order valence-electron chi connectivity index (χ0n) is 15.7. The Morgan fingerprint density at radius 3 is 2.37 bits per heavy atom. The SMILES string of the molecule is Cc1ccc(Nc2cc(-c3ccncc3)nc(NC3CCCCC3)n2)cc1. The smallest absolute Gasteiger partial charge is 0.225 e. The molecule has 4 rings (SSSR count). The number of pyridine rings is 1. The average molecular weight is 359 g/mol. The van der Waals surface area contributed by atoms with E-state index in [1.165, 1.54) is 37.7 Å². The molecule has 0 saturated heterocycles. The van der Waals surface area contributed by atoms with Gasteiger partial charge in [0.1, 0.15) is 5.82 Å². The van der Waals surface area contributed by atoms with Crippen molar-refractivity contribution >= 4 is 17.5 Å². The first kappa shape index (κ1) is 17.5. The lowest BCUT2D eigenvalue weighted by molar-refractivity contribution is 0.461. The number of nitrogens with one attached hydrogen (secondary N) is 2. The van der Waals surface area contributed by atoms with Crippen LogP contribution in [0.1, 0.15) is 37.7 Å². The number of hydrogen-bond donors (Lipinski definition) is 2. The summed E-state index contributed by atoms with van der Waals surface area (Å²) in [4.78, 5) is 13.6. The summed E-state index contributed by atoms with van der Waals surface area (Å²) in [5.41, 5.74) is 4.18. The molecule has 138 valence electrons. The van der Waals surface area contributed by atoms with Crippen LogP contribution in [-0.4, -0.2) is 21.0 Å². The van der Waals surface area contributed by atoms with E-state index < -0.39 is 0 Å². The van der Waals surface area contributed by atoms with Crippen molar-refractivity contribution in [3.63, 3.8) is 0 Å². The molecule has 1 saturated carbocycles. The van der Waals surface area contributed by atoms with E-state index in [0.29, 0.717) is 12.0 Å². The summed E-state index contributed by atoms with van der Waals surface area (Å²) >= 11 is 0. The minimum absolute atomic E-state index is 0.457. The fourth-order valence-corrected chi connectivity index (χ4v) is 3.46. The molecule has 1 aromatic carbocycles. The lowest BCUT2D eigenvalue weighted by Crippen LogP contribution is -2.23. The molecule has 0 aliphatic heterocycles. The van der Waals surface area contributed by atoms with Crippen LogP contribution in [-0.2, 0) is 0 Å². The van der Waals surface area contributed by atoms with Gasteiger partial charge in [0.15, 0.2) is 0 Å². The summed E-state index contributed by atoms with van der Waals surface area (Å²) < 4.78 is 0. The molecule has 1 fully saturated rings. The summed E-state index contributed by atoms with van der Waals surface area (Å²) in [5.74, 6) is 1.48. The monoisotopic (exact) mass is 359 g/mol. The number of rotatable bonds is 5. The van der Waals surface area contributed by atoms with Crippen molar-refractivity contribution in [3.8, 4) is 11.3 Å². The van der Waals surface area contributed by atoms with Crippen molar-refractivity contribution in [1.82, 2.24) is 15.0 Å². The highest BCUT2D eigenvalue weighted by atomic mass is 15.2. The molecule has 1 aliphatic rings. The molecule has 0 radical (unpaired) electrons. The molecule has 0 bridgehead atoms. The van der Waals surface area contributed by atoms with Gasteiger partial charge >= 0.3 is 0 Å². The number of aromatic nitrogens is 3. The van der Waals surface area contributed by atoms with Gasteiger partial charge in [0.05, 0.1) is 5.69 Å². The molecule has 2 heterocycles. The molecule has 2 N–H and O–H groups in total. The molecular weight excluding hydrogens is 334 g/mol. The number of nitrogens with zero attached hydrogens (tertiary/aromatic N) is 3. The molecule has 0 amide bonds. The molecule has 0 unspecified atom stereocenters. The minimum atomic E-state index is 0.457. The summed E-state index contributed by atoms with van der Waals surface area (Å²) in [6.07, 6.45) is 9.83. The molecule has 0 atom stereocenters. The zero-order valence-corrected chi connectivity index (χ0v) is 15.7. The van der Waals surface area contributed by atoms with E-state index in [0.717, 1.165) is 22.8 Å². The van der Waals surface area contributed by atoms with E-state index >= 15 is 0 Å². The summed E-state index contributed by atoms with van der Waals surface area (Å²) in [7, 11) is 0. The topological polar surface area (TPSA) is 62.7 Å². The number of benzene rings is 1. The van der Waals surface area contributed by atoms with Crippen LogP contribution in [0.2, 0.25) is 0 Å². The summed E-state index contributed by atoms with van der Waals surface area (Å²) in [6, 6.07) is 14.7. The Kier molecular flexibility index (Phi) is 5.28. The number of anilines is 3. The Balaban J connectivity index is 1.64. The Bertz CT molecular complexity index is 871. The quantitative estimate of drug-likeness (QED) is 0.644. The average Bonchev–Trinajstić information content (AvgIpc) is 2.71. The second-order valence-electron chi connectivity index (χ2n) is 7.17. The van der Waals surface area contributed by atoms with Crippen molar-refractivity contribution in [2.75, 3.05) is 10.6 Å². The van der Waals surface area contributed by atoms with Crippen LogP contribution in [0.4, 0.5) is 17.5 Å². The van der Waals surface area contributed by atoms with Gasteiger partial charge in [-0.1, -0.05) is 37.0 Å². The highest BCUT2D eigenvalue weighted by molar-refractivity contribution is 5.67. The Labute approximate surface area is 160 Å². The van der Waals surface area contributed by atoms with Gasteiger partial charge in [-0.05, 0) is 44.0 Å². The van der Waals surface area contributed by atoms with Gasteiger partial charge in [-0.25, -0.2) is 4.98 Å². The third-order valence-corrected chi connectivity index (χ3v) is 4.96. The van der Waals surface area contributed by atoms with Crippen molar-refractivity contribution < 1.29 is 0 Å². The van der Waals surface area contributed by atoms with Gasteiger partial charge in [0.2, 0.25) is 5.95 Å². The van der Waals surface area contributed by atoms with Crippen molar-refractivity contribution in [2.45, 2.75) is 45.1 Å². The second-order valence-corrected chi connectivity index (χ2v) is 7.17. The maximum absolute atomic E-state index is 4.76. The Morgan fingerprint density at radius 2 is 1.63 bits per heavy atom. The van der Waals surface area contributed by atoms with E-state index in [1.807, 2.05) is 18.2 Å². The largest absolute Gasteiger partial charge is 0.351 e. The fraction of sp³-hybridized carbons (Fsp3) is 0.318. The van der Waals surface area contributed by atoms with Gasteiger partial charge in [0, 0.05) is 35.8 Å². The lowest BCUT2D eigenvalue weighted by Gasteiger charge is -2.23. The first-order chi connectivity index (χ1) is 13.3. The molecule has 5 heteroatoms. The highest BCUT2D eigenvalue weighted by Crippen LogP contribution is 2.25. The normalized spacial score (nSPS) is 14.7. The second kappa shape index (κ2) is 8.16. The predicted octanol–water partition coefficient (Wildman–Crippen LogP) is 5.34. The molecule has 27 heavy (non-hydrogen) atoms. The van der Waals surface area contributed by atoms with Crippen LogP contribution in [0.15, 0.2) is 54.9 Å². The third kappa shape index (κ3) is 4.61. The number of aryl methyl sites for hydroxylation is 1. The molecule has 2 aromatic heterocycles. The van der Waals surface area contributed by atoms with Crippen molar-refractivity contribution in [1.29, 1.82) is 0 Å². The van der Waals surface area contributed by atoms with E-state index in [1.54, 1.807) is 12.4 Å². The first-order valence-corrected chi connectivity index (χ1v) is 9.66. The molecule has 5 nitrogen and oxygen atoms in total. The van der Waals surface area contributed by atoms with E-state index in [9.17, 15) is 0 Å². The molecule has 1 aliphatic carbocycles. The van der Waals surface area contributed by atoms with Crippen LogP contribution in [0.5, 0.6) is 0 Å². The van der Waals surface area contributed by atoms with Crippen molar-refractivity contribution in [2.24, 2.45) is 0 Å². The third-order valence-electron chi connectivity index (χ3n) is 4.96. The van der Waals surface area contributed by atoms with Gasteiger partial charge in [0.25, 0.3) is 0 Å². The minimum Gasteiger partial charge on any atom is -0.351 e. The van der Waals surface area contributed by atoms with Gasteiger partial charge in [-0.15, -0.1) is 0 Å². The Hall–Kier alpha value is -2.95. The van der Waals surface area contributed by atoms with E-state index in [-0.39, 0.29) is 0 Å². The number of hydrogen-bond acceptors (Lipinski definition) is 5. The molecule has 3 aromatic rings. The van der Waals surface area contributed by atoms with E-state index in [2.05, 4.69) is 46.8 Å². The van der Waals surface area contributed by atoms with Crippen LogP contribution in [0.25, 0.3) is 11.3 Å². The van der Waals surface area contributed by atoms with Crippen LogP contribution < -0.4 is 10.6 Å². The highest BCUT2D eigenvalue weighted by Gasteiger charge is 2.15. The summed E-state index contributed by atoms with van der Waals surface area (Å²) in [6.45, 7) is 2.09. The van der Waals surface area contributed by atoms with Crippen molar-refractivity contribution in [3.05, 3.63) is 60.4 Å². The maximum Gasteiger partial charge on any atom is 0.225 e. The lowest BCUT2D eigenvalue weighted by atomic mass is 9.96. The van der Waals surface area contributed by atoms with Crippen LogP contribution >= 0.6 is 0 Å². The Morgan fingerprint density at radius 1 is 0.889 bits per heavy atom. The van der Waals surface area contributed by atoms with Crippen LogP contribution in [0.3, 0.4) is 0 Å². The van der Waals surface area contributed by atoms with Gasteiger partial charge in [-0.3, -0.25) is 4.98 Å². The standard InChI is InChI=1S/C22H25N5/c1-16-7-9-19(10-8-16)24-21-15-20(17-11-13-23-14-12-17)26-22(27-21)25-18-5-3-2-4-6-18/h7-15,18H,2-6H2,1H3,(H2,24,25,26,27). The molecule has 0 spiro atoms. The van der Waals surface area contributed by atoms with Crippen LogP contribution in [0, 0.1) is 6.92 Å². The fourth-order valence-electron chi connectivity index (χ4n) is 3.46. The first-order valence-electron chi connectivity index (χ1n) is 9.66. The van der Waals surface area contributed by atoms with Gasteiger partial charge in [-0.2, -0.15) is 4.98 Å². The zero-order chi connectivity index (χ0) is 18.5.